The second-order valence-electron chi connectivity index (χ2n) is 8.14. The van der Waals surface area contributed by atoms with Crippen molar-refractivity contribution in [2.75, 3.05) is 32.8 Å². The molecule has 1 heterocycles. The SMILES string of the molecule is O=C(CCC(=O)c1ccc2c(c1)CCC2)NCC(c1ccccc1)N1CCOCC1. The molecule has 0 saturated carbocycles. The molecule has 1 unspecified atom stereocenters. The molecule has 158 valence electrons. The lowest BCUT2D eigenvalue weighted by atomic mass is 10.0. The first kappa shape index (κ1) is 20.8. The molecule has 0 spiro atoms. The Morgan fingerprint density at radius 2 is 1.73 bits per heavy atom. The lowest BCUT2D eigenvalue weighted by Crippen LogP contribution is -2.43. The lowest BCUT2D eigenvalue weighted by molar-refractivity contribution is -0.121. The molecule has 5 heteroatoms. The summed E-state index contributed by atoms with van der Waals surface area (Å²) in [7, 11) is 0. The van der Waals surface area contributed by atoms with Gasteiger partial charge in [0.05, 0.1) is 19.3 Å². The first-order chi connectivity index (χ1) is 14.7. The molecule has 0 bridgehead atoms. The predicted molar refractivity (Wildman–Crippen MR) is 117 cm³/mol. The van der Waals surface area contributed by atoms with Gasteiger partial charge in [-0.2, -0.15) is 0 Å². The number of carbonyl (C=O) groups excluding carboxylic acids is 2. The van der Waals surface area contributed by atoms with Gasteiger partial charge in [0.2, 0.25) is 5.91 Å². The van der Waals surface area contributed by atoms with Gasteiger partial charge in [-0.1, -0.05) is 42.5 Å². The summed E-state index contributed by atoms with van der Waals surface area (Å²) in [6, 6.07) is 16.4. The average molecular weight is 407 g/mol. The van der Waals surface area contributed by atoms with Crippen molar-refractivity contribution in [1.29, 1.82) is 0 Å². The molecule has 2 aromatic rings. The van der Waals surface area contributed by atoms with Gasteiger partial charge in [-0.15, -0.1) is 0 Å². The van der Waals surface area contributed by atoms with Crippen LogP contribution in [0.2, 0.25) is 0 Å². The molecule has 1 fully saturated rings. The molecule has 2 aliphatic rings. The Morgan fingerprint density at radius 1 is 0.967 bits per heavy atom. The van der Waals surface area contributed by atoms with Crippen LogP contribution in [-0.2, 0) is 22.4 Å². The number of fused-ring (bicyclic) bond motifs is 1. The van der Waals surface area contributed by atoms with Gasteiger partial charge in [0.15, 0.2) is 5.78 Å². The smallest absolute Gasteiger partial charge is 0.220 e. The second kappa shape index (κ2) is 10.0. The molecule has 0 aromatic heterocycles. The monoisotopic (exact) mass is 406 g/mol. The van der Waals surface area contributed by atoms with Gasteiger partial charge in [-0.05, 0) is 42.0 Å². The quantitative estimate of drug-likeness (QED) is 0.683. The Balaban J connectivity index is 1.30. The highest BCUT2D eigenvalue weighted by Gasteiger charge is 2.23. The topological polar surface area (TPSA) is 58.6 Å². The van der Waals surface area contributed by atoms with Crippen LogP contribution in [0.15, 0.2) is 48.5 Å². The number of amides is 1. The zero-order valence-electron chi connectivity index (χ0n) is 17.4. The summed E-state index contributed by atoms with van der Waals surface area (Å²) in [4.78, 5) is 27.4. The van der Waals surface area contributed by atoms with Gasteiger partial charge in [0.1, 0.15) is 0 Å². The highest BCUT2D eigenvalue weighted by atomic mass is 16.5. The van der Waals surface area contributed by atoms with E-state index in [1.807, 2.05) is 30.3 Å². The summed E-state index contributed by atoms with van der Waals surface area (Å²) in [6.07, 6.45) is 3.80. The third-order valence-corrected chi connectivity index (χ3v) is 6.16. The van der Waals surface area contributed by atoms with E-state index in [0.29, 0.717) is 19.8 Å². The molecule has 1 aliphatic heterocycles. The number of aryl methyl sites for hydroxylation is 2. The Kier molecular flexibility index (Phi) is 6.92. The first-order valence-corrected chi connectivity index (χ1v) is 11.0. The molecule has 5 nitrogen and oxygen atoms in total. The number of hydrogen-bond donors (Lipinski definition) is 1. The first-order valence-electron chi connectivity index (χ1n) is 11.0. The van der Waals surface area contributed by atoms with Gasteiger partial charge in [-0.25, -0.2) is 0 Å². The molecule has 1 N–H and O–H groups in total. The zero-order valence-corrected chi connectivity index (χ0v) is 17.4. The average Bonchev–Trinajstić information content (AvgIpc) is 3.27. The minimum Gasteiger partial charge on any atom is -0.379 e. The van der Waals surface area contributed by atoms with E-state index in [0.717, 1.165) is 31.5 Å². The van der Waals surface area contributed by atoms with Crippen LogP contribution in [0, 0.1) is 0 Å². The van der Waals surface area contributed by atoms with Crippen LogP contribution < -0.4 is 5.32 Å². The Labute approximate surface area is 178 Å². The lowest BCUT2D eigenvalue weighted by Gasteiger charge is -2.35. The maximum absolute atomic E-state index is 12.6. The minimum absolute atomic E-state index is 0.0487. The van der Waals surface area contributed by atoms with Crippen LogP contribution in [0.5, 0.6) is 0 Å². The summed E-state index contributed by atoms with van der Waals surface area (Å²) in [5.41, 5.74) is 4.58. The number of ether oxygens (including phenoxy) is 1. The molecule has 2 aromatic carbocycles. The molecular weight excluding hydrogens is 376 g/mol. The van der Waals surface area contributed by atoms with Crippen molar-refractivity contribution in [3.05, 3.63) is 70.8 Å². The van der Waals surface area contributed by atoms with E-state index in [1.54, 1.807) is 0 Å². The van der Waals surface area contributed by atoms with Crippen molar-refractivity contribution in [3.8, 4) is 0 Å². The Bertz CT molecular complexity index is 875. The van der Waals surface area contributed by atoms with Gasteiger partial charge in [-0.3, -0.25) is 14.5 Å². The molecule has 1 amide bonds. The molecule has 0 radical (unpaired) electrons. The van der Waals surface area contributed by atoms with Crippen molar-refractivity contribution >= 4 is 11.7 Å². The van der Waals surface area contributed by atoms with Crippen LogP contribution in [0.25, 0.3) is 0 Å². The van der Waals surface area contributed by atoms with Crippen LogP contribution >= 0.6 is 0 Å². The highest BCUT2D eigenvalue weighted by molar-refractivity contribution is 5.98. The fourth-order valence-electron chi connectivity index (χ4n) is 4.44. The van der Waals surface area contributed by atoms with Crippen LogP contribution in [-0.4, -0.2) is 49.4 Å². The van der Waals surface area contributed by atoms with E-state index >= 15 is 0 Å². The number of rotatable bonds is 8. The second-order valence-corrected chi connectivity index (χ2v) is 8.14. The maximum atomic E-state index is 12.6. The summed E-state index contributed by atoms with van der Waals surface area (Å²) < 4.78 is 5.48. The minimum atomic E-state index is -0.0706. The number of nitrogens with one attached hydrogen (secondary N) is 1. The van der Waals surface area contributed by atoms with E-state index in [4.69, 9.17) is 4.74 Å². The van der Waals surface area contributed by atoms with Crippen molar-refractivity contribution < 1.29 is 14.3 Å². The standard InChI is InChI=1S/C25H30N2O3/c28-24(22-10-9-19-7-4-8-21(19)17-22)11-12-25(29)26-18-23(20-5-2-1-3-6-20)27-13-15-30-16-14-27/h1-3,5-6,9-10,17,23H,4,7-8,11-16,18H2,(H,26,29). The third-order valence-electron chi connectivity index (χ3n) is 6.16. The van der Waals surface area contributed by atoms with Crippen LogP contribution in [0.3, 0.4) is 0 Å². The van der Waals surface area contributed by atoms with E-state index in [-0.39, 0.29) is 30.6 Å². The number of Topliss-reactive ketones (excluding diaryl/α,β-unsaturated/α-hetero) is 1. The summed E-state index contributed by atoms with van der Waals surface area (Å²) in [6.45, 7) is 3.67. The van der Waals surface area contributed by atoms with Gasteiger partial charge in [0.25, 0.3) is 0 Å². The van der Waals surface area contributed by atoms with Crippen molar-refractivity contribution in [2.24, 2.45) is 0 Å². The number of hydrogen-bond acceptors (Lipinski definition) is 4. The molecule has 1 atom stereocenters. The Morgan fingerprint density at radius 3 is 2.53 bits per heavy atom. The molecule has 30 heavy (non-hydrogen) atoms. The normalized spacial score (nSPS) is 17.3. The molecule has 1 saturated heterocycles. The van der Waals surface area contributed by atoms with Crippen molar-refractivity contribution in [2.45, 2.75) is 38.1 Å². The summed E-state index contributed by atoms with van der Waals surface area (Å²) in [5.74, 6) is -0.0219. The predicted octanol–water partition coefficient (Wildman–Crippen LogP) is 3.33. The number of carbonyl (C=O) groups is 2. The Hall–Kier alpha value is -2.50. The number of nitrogens with zero attached hydrogens (tertiary/aromatic N) is 1. The van der Waals surface area contributed by atoms with E-state index in [2.05, 4.69) is 28.4 Å². The molecular formula is C25H30N2O3. The number of benzene rings is 2. The number of ketones is 1. The number of morpholine rings is 1. The highest BCUT2D eigenvalue weighted by Crippen LogP contribution is 2.24. The van der Waals surface area contributed by atoms with E-state index in [9.17, 15) is 9.59 Å². The summed E-state index contributed by atoms with van der Waals surface area (Å²) >= 11 is 0. The van der Waals surface area contributed by atoms with Gasteiger partial charge in [0, 0.05) is 38.0 Å². The zero-order chi connectivity index (χ0) is 20.8. The molecule has 1 aliphatic carbocycles. The van der Waals surface area contributed by atoms with Gasteiger partial charge < -0.3 is 10.1 Å². The van der Waals surface area contributed by atoms with Gasteiger partial charge >= 0.3 is 0 Å². The third kappa shape index (κ3) is 5.15. The van der Waals surface area contributed by atoms with Crippen molar-refractivity contribution in [1.82, 2.24) is 10.2 Å². The fourth-order valence-corrected chi connectivity index (χ4v) is 4.44. The van der Waals surface area contributed by atoms with Crippen LogP contribution in [0.1, 0.15) is 52.4 Å². The van der Waals surface area contributed by atoms with Crippen LogP contribution in [0.4, 0.5) is 0 Å². The fraction of sp³-hybridized carbons (Fsp3) is 0.440. The largest absolute Gasteiger partial charge is 0.379 e. The maximum Gasteiger partial charge on any atom is 0.220 e. The summed E-state index contributed by atoms with van der Waals surface area (Å²) in [5, 5.41) is 3.05. The van der Waals surface area contributed by atoms with E-state index in [1.165, 1.54) is 23.1 Å². The molecule has 4 rings (SSSR count). The van der Waals surface area contributed by atoms with Crippen molar-refractivity contribution in [3.63, 3.8) is 0 Å². The van der Waals surface area contributed by atoms with E-state index < -0.39 is 0 Å².